The molecule has 0 aromatic carbocycles. The summed E-state index contributed by atoms with van der Waals surface area (Å²) < 4.78 is 32.5. The molecule has 1 N–H and O–H groups in total. The van der Waals surface area contributed by atoms with Gasteiger partial charge in [-0.2, -0.15) is 8.42 Å². The number of ether oxygens (including phenoxy) is 1. The van der Waals surface area contributed by atoms with Crippen LogP contribution in [0, 0.1) is 17.3 Å². The molecule has 1 amide bonds. The van der Waals surface area contributed by atoms with Gasteiger partial charge in [0.2, 0.25) is 0 Å². The first-order chi connectivity index (χ1) is 9.49. The summed E-state index contributed by atoms with van der Waals surface area (Å²) in [5, 5.41) is 2.79. The van der Waals surface area contributed by atoms with E-state index in [1.54, 1.807) is 0 Å². The van der Waals surface area contributed by atoms with E-state index in [1.807, 2.05) is 20.8 Å². The molecule has 0 radical (unpaired) electrons. The minimum Gasteiger partial charge on any atom is -0.444 e. The normalized spacial score (nSPS) is 31.6. The van der Waals surface area contributed by atoms with Crippen molar-refractivity contribution in [3.63, 3.8) is 0 Å². The molecule has 2 bridgehead atoms. The third-order valence-corrected chi connectivity index (χ3v) is 4.87. The summed E-state index contributed by atoms with van der Waals surface area (Å²) in [7, 11) is -3.42. The van der Waals surface area contributed by atoms with Crippen LogP contribution in [0.4, 0.5) is 4.79 Å². The van der Waals surface area contributed by atoms with Gasteiger partial charge in [0.25, 0.3) is 10.1 Å². The number of rotatable bonds is 5. The number of carbonyl (C=O) groups is 1. The molecule has 6 nitrogen and oxygen atoms in total. The van der Waals surface area contributed by atoms with Crippen molar-refractivity contribution in [2.24, 2.45) is 17.3 Å². The maximum atomic E-state index is 11.7. The topological polar surface area (TPSA) is 81.7 Å². The van der Waals surface area contributed by atoms with Crippen molar-refractivity contribution in [1.29, 1.82) is 0 Å². The Morgan fingerprint density at radius 3 is 2.48 bits per heavy atom. The van der Waals surface area contributed by atoms with Gasteiger partial charge in [-0.15, -0.1) is 0 Å². The van der Waals surface area contributed by atoms with Gasteiger partial charge in [-0.3, -0.25) is 4.18 Å². The number of amides is 1. The Bertz CT molecular complexity index is 502. The van der Waals surface area contributed by atoms with E-state index in [4.69, 9.17) is 8.92 Å². The zero-order valence-electron chi connectivity index (χ0n) is 13.1. The molecule has 0 spiro atoms. The lowest BCUT2D eigenvalue weighted by atomic mass is 9.67. The molecule has 0 heterocycles. The smallest absolute Gasteiger partial charge is 0.407 e. The van der Waals surface area contributed by atoms with Crippen LogP contribution in [0.1, 0.15) is 40.0 Å². The van der Waals surface area contributed by atoms with Crippen LogP contribution in [-0.2, 0) is 19.0 Å². The van der Waals surface area contributed by atoms with Crippen LogP contribution >= 0.6 is 0 Å². The third kappa shape index (κ3) is 4.32. The molecule has 21 heavy (non-hydrogen) atoms. The molecular formula is C14H25NO5S. The molecule has 3 aliphatic rings. The fraction of sp³-hybridized carbons (Fsp3) is 0.929. The second-order valence-electron chi connectivity index (χ2n) is 7.42. The highest BCUT2D eigenvalue weighted by Crippen LogP contribution is 2.62. The molecule has 1 atom stereocenters. The highest BCUT2D eigenvalue weighted by atomic mass is 32.2. The summed E-state index contributed by atoms with van der Waals surface area (Å²) in [6.07, 6.45) is 3.64. The average Bonchev–Trinajstić information content (AvgIpc) is 2.73. The minimum atomic E-state index is -3.42. The van der Waals surface area contributed by atoms with E-state index in [-0.39, 0.29) is 17.9 Å². The van der Waals surface area contributed by atoms with Gasteiger partial charge in [-0.1, -0.05) is 0 Å². The van der Waals surface area contributed by atoms with Crippen LogP contribution < -0.4 is 5.32 Å². The van der Waals surface area contributed by atoms with E-state index >= 15 is 0 Å². The van der Waals surface area contributed by atoms with Crippen LogP contribution in [0.3, 0.4) is 0 Å². The number of carbonyl (C=O) groups excluding carboxylic acids is 1. The third-order valence-electron chi connectivity index (χ3n) is 4.33. The van der Waals surface area contributed by atoms with E-state index in [0.717, 1.165) is 25.5 Å². The molecule has 3 aliphatic carbocycles. The molecular weight excluding hydrogens is 294 g/mol. The van der Waals surface area contributed by atoms with Crippen LogP contribution in [0.25, 0.3) is 0 Å². The molecule has 0 aliphatic heterocycles. The summed E-state index contributed by atoms with van der Waals surface area (Å²) in [6.45, 7) is 6.20. The SMILES string of the molecule is CC(C)(C)OC(=O)NCC1CC2CC1(COS(C)(=O)=O)C2. The fourth-order valence-electron chi connectivity index (χ4n) is 3.52. The maximum Gasteiger partial charge on any atom is 0.407 e. The van der Waals surface area contributed by atoms with E-state index in [9.17, 15) is 13.2 Å². The van der Waals surface area contributed by atoms with E-state index in [2.05, 4.69) is 5.32 Å². The number of hydrogen-bond acceptors (Lipinski definition) is 5. The number of fused-ring (bicyclic) bond motifs is 1. The van der Waals surface area contributed by atoms with Gasteiger partial charge < -0.3 is 10.1 Å². The minimum absolute atomic E-state index is 0.0945. The Hall–Kier alpha value is -0.820. The quantitative estimate of drug-likeness (QED) is 0.783. The Morgan fingerprint density at radius 2 is 1.95 bits per heavy atom. The lowest BCUT2D eigenvalue weighted by Crippen LogP contribution is -2.42. The van der Waals surface area contributed by atoms with Crippen molar-refractivity contribution in [1.82, 2.24) is 5.32 Å². The maximum absolute atomic E-state index is 11.7. The van der Waals surface area contributed by atoms with Gasteiger partial charge in [0.05, 0.1) is 12.9 Å². The van der Waals surface area contributed by atoms with E-state index < -0.39 is 21.8 Å². The standard InChI is InChI=1S/C14H25NO5S/c1-13(2,3)20-12(16)15-8-11-5-10-6-14(11,7-10)9-19-21(4,17)18/h10-11H,5-9H2,1-4H3,(H,15,16). The Morgan fingerprint density at radius 1 is 1.33 bits per heavy atom. The molecule has 3 fully saturated rings. The Labute approximate surface area is 126 Å². The van der Waals surface area contributed by atoms with Crippen molar-refractivity contribution < 1.29 is 22.1 Å². The highest BCUT2D eigenvalue weighted by molar-refractivity contribution is 7.85. The van der Waals surface area contributed by atoms with Crippen molar-refractivity contribution in [2.75, 3.05) is 19.4 Å². The summed E-state index contributed by atoms with van der Waals surface area (Å²) in [4.78, 5) is 11.7. The lowest BCUT2D eigenvalue weighted by molar-refractivity contribution is 0.0340. The number of nitrogens with one attached hydrogen (secondary N) is 1. The Kier molecular flexibility index (Phi) is 4.28. The van der Waals surface area contributed by atoms with Crippen molar-refractivity contribution in [3.8, 4) is 0 Å². The van der Waals surface area contributed by atoms with Gasteiger partial charge in [0.1, 0.15) is 5.60 Å². The van der Waals surface area contributed by atoms with Crippen molar-refractivity contribution in [2.45, 2.75) is 45.6 Å². The average molecular weight is 319 g/mol. The molecule has 3 rings (SSSR count). The second-order valence-corrected chi connectivity index (χ2v) is 9.06. The van der Waals surface area contributed by atoms with Crippen molar-refractivity contribution in [3.05, 3.63) is 0 Å². The largest absolute Gasteiger partial charge is 0.444 e. The molecule has 7 heteroatoms. The molecule has 122 valence electrons. The zero-order valence-corrected chi connectivity index (χ0v) is 14.0. The van der Waals surface area contributed by atoms with Crippen LogP contribution in [0.5, 0.6) is 0 Å². The van der Waals surface area contributed by atoms with Gasteiger partial charge >= 0.3 is 6.09 Å². The first kappa shape index (κ1) is 16.5. The van der Waals surface area contributed by atoms with Crippen LogP contribution in [0.15, 0.2) is 0 Å². The number of alkyl carbamates (subject to hydrolysis) is 1. The summed E-state index contributed by atoms with van der Waals surface area (Å²) in [5.41, 5.74) is -0.609. The van der Waals surface area contributed by atoms with Gasteiger partial charge in [-0.05, 0) is 51.9 Å². The second kappa shape index (κ2) is 5.43. The monoisotopic (exact) mass is 319 g/mol. The zero-order chi connectivity index (χ0) is 15.9. The van der Waals surface area contributed by atoms with E-state index in [1.165, 1.54) is 0 Å². The number of hydrogen-bond donors (Lipinski definition) is 1. The molecule has 3 saturated carbocycles. The first-order valence-electron chi connectivity index (χ1n) is 7.30. The van der Waals surface area contributed by atoms with Gasteiger partial charge in [-0.25, -0.2) is 4.79 Å². The predicted octanol–water partition coefficient (Wildman–Crippen LogP) is 1.90. The predicted molar refractivity (Wildman–Crippen MR) is 78.3 cm³/mol. The fourth-order valence-corrected chi connectivity index (χ4v) is 3.97. The summed E-state index contributed by atoms with van der Waals surface area (Å²) in [6, 6.07) is 0. The highest BCUT2D eigenvalue weighted by Gasteiger charge is 2.57. The first-order valence-corrected chi connectivity index (χ1v) is 9.12. The molecule has 1 unspecified atom stereocenters. The summed E-state index contributed by atoms with van der Waals surface area (Å²) in [5.74, 6) is 0.898. The molecule has 0 aromatic rings. The van der Waals surface area contributed by atoms with Crippen LogP contribution in [-0.4, -0.2) is 39.5 Å². The van der Waals surface area contributed by atoms with Gasteiger partial charge in [0, 0.05) is 12.0 Å². The Balaban J connectivity index is 1.84. The molecule has 0 aromatic heterocycles. The lowest BCUT2D eigenvalue weighted by Gasteiger charge is -2.40. The van der Waals surface area contributed by atoms with Crippen molar-refractivity contribution >= 4 is 16.2 Å². The molecule has 0 saturated heterocycles. The van der Waals surface area contributed by atoms with Crippen LogP contribution in [0.2, 0.25) is 0 Å². The summed E-state index contributed by atoms with van der Waals surface area (Å²) >= 11 is 0. The van der Waals surface area contributed by atoms with Gasteiger partial charge in [0.15, 0.2) is 0 Å². The van der Waals surface area contributed by atoms with E-state index in [0.29, 0.717) is 12.5 Å².